The fourth-order valence-electron chi connectivity index (χ4n) is 3.17. The van der Waals surface area contributed by atoms with E-state index in [0.29, 0.717) is 36.2 Å². The number of hydrogen-bond acceptors (Lipinski definition) is 5. The lowest BCUT2D eigenvalue weighted by Gasteiger charge is -2.09. The first kappa shape index (κ1) is 19.8. The van der Waals surface area contributed by atoms with E-state index >= 15 is 0 Å². The summed E-state index contributed by atoms with van der Waals surface area (Å²) in [5.41, 5.74) is 2.81. The molecule has 3 aromatic heterocycles. The van der Waals surface area contributed by atoms with Crippen molar-refractivity contribution in [2.75, 3.05) is 6.54 Å². The highest BCUT2D eigenvalue weighted by molar-refractivity contribution is 6.32. The summed E-state index contributed by atoms with van der Waals surface area (Å²) in [6.07, 6.45) is 4.56. The summed E-state index contributed by atoms with van der Waals surface area (Å²) in [4.78, 5) is 33.4. The van der Waals surface area contributed by atoms with Crippen LogP contribution in [0.5, 0.6) is 0 Å². The van der Waals surface area contributed by atoms with Crippen molar-refractivity contribution in [3.8, 4) is 0 Å². The number of aromatic nitrogens is 5. The van der Waals surface area contributed by atoms with E-state index in [1.165, 1.54) is 18.7 Å². The zero-order chi connectivity index (χ0) is 21.1. The fourth-order valence-corrected chi connectivity index (χ4v) is 3.38. The van der Waals surface area contributed by atoms with E-state index in [-0.39, 0.29) is 16.6 Å². The Bertz CT molecular complexity index is 1280. The molecule has 0 aliphatic heterocycles. The van der Waals surface area contributed by atoms with Gasteiger partial charge in [0, 0.05) is 12.7 Å². The Morgan fingerprint density at radius 2 is 2.00 bits per heavy atom. The second kappa shape index (κ2) is 8.46. The lowest BCUT2D eigenvalue weighted by molar-refractivity contribution is 0.0952. The molecule has 0 bridgehead atoms. The summed E-state index contributed by atoms with van der Waals surface area (Å²) in [5, 5.41) is 7.62. The second-order valence-electron chi connectivity index (χ2n) is 6.81. The molecule has 0 radical (unpaired) electrons. The molecule has 1 aromatic carbocycles. The van der Waals surface area contributed by atoms with Gasteiger partial charge < -0.3 is 5.32 Å². The highest BCUT2D eigenvalue weighted by atomic mass is 35.5. The maximum atomic E-state index is 12.8. The third-order valence-electron chi connectivity index (χ3n) is 4.84. The van der Waals surface area contributed by atoms with E-state index in [0.717, 1.165) is 11.1 Å². The molecule has 30 heavy (non-hydrogen) atoms. The third-order valence-corrected chi connectivity index (χ3v) is 5.14. The van der Waals surface area contributed by atoms with Gasteiger partial charge in [0.1, 0.15) is 16.9 Å². The van der Waals surface area contributed by atoms with Gasteiger partial charge in [-0.2, -0.15) is 5.10 Å². The molecule has 4 rings (SSSR count). The normalized spacial score (nSPS) is 11.0. The van der Waals surface area contributed by atoms with E-state index < -0.39 is 0 Å². The number of fused-ring (bicyclic) bond motifs is 1. The number of aryl methyl sites for hydroxylation is 1. The number of amides is 1. The smallest absolute Gasteiger partial charge is 0.264 e. The van der Waals surface area contributed by atoms with Gasteiger partial charge in [-0.1, -0.05) is 35.9 Å². The molecule has 0 fully saturated rings. The van der Waals surface area contributed by atoms with Crippen LogP contribution in [0, 0.1) is 6.92 Å². The Balaban J connectivity index is 1.48. The van der Waals surface area contributed by atoms with Crippen molar-refractivity contribution < 1.29 is 4.79 Å². The van der Waals surface area contributed by atoms with E-state index in [9.17, 15) is 9.59 Å². The van der Waals surface area contributed by atoms with Gasteiger partial charge in [0.2, 0.25) is 0 Å². The maximum absolute atomic E-state index is 12.8. The molecule has 1 amide bonds. The summed E-state index contributed by atoms with van der Waals surface area (Å²) >= 11 is 5.94. The van der Waals surface area contributed by atoms with Crippen molar-refractivity contribution in [2.24, 2.45) is 0 Å². The van der Waals surface area contributed by atoms with Crippen molar-refractivity contribution in [1.29, 1.82) is 0 Å². The molecule has 0 atom stereocenters. The first-order valence-corrected chi connectivity index (χ1v) is 9.76. The molecule has 152 valence electrons. The molecule has 0 aliphatic rings. The molecule has 3 heterocycles. The van der Waals surface area contributed by atoms with E-state index in [1.54, 1.807) is 21.4 Å². The number of nitrogens with one attached hydrogen (secondary N) is 1. The Kier molecular flexibility index (Phi) is 5.58. The van der Waals surface area contributed by atoms with Gasteiger partial charge in [0.05, 0.1) is 24.8 Å². The average Bonchev–Trinajstić information content (AvgIpc) is 3.15. The van der Waals surface area contributed by atoms with Crippen LogP contribution < -0.4 is 10.9 Å². The number of benzene rings is 1. The molecule has 0 aliphatic carbocycles. The number of hydrogen-bond donors (Lipinski definition) is 1. The molecule has 0 unspecified atom stereocenters. The van der Waals surface area contributed by atoms with Crippen molar-refractivity contribution in [3.05, 3.63) is 87.3 Å². The highest BCUT2D eigenvalue weighted by Gasteiger charge is 2.13. The molecule has 0 saturated heterocycles. The Hall–Kier alpha value is -3.52. The van der Waals surface area contributed by atoms with Crippen LogP contribution in [0.2, 0.25) is 5.15 Å². The Morgan fingerprint density at radius 1 is 1.17 bits per heavy atom. The number of halogens is 1. The monoisotopic (exact) mass is 422 g/mol. The molecule has 0 spiro atoms. The van der Waals surface area contributed by atoms with Gasteiger partial charge >= 0.3 is 0 Å². The maximum Gasteiger partial charge on any atom is 0.264 e. The molecular weight excluding hydrogens is 404 g/mol. The molecular formula is C21H19ClN6O2. The van der Waals surface area contributed by atoms with Crippen LogP contribution in [0.3, 0.4) is 0 Å². The largest absolute Gasteiger partial charge is 0.350 e. The SMILES string of the molecule is Cc1ccccc1Cn1cnc2c(cnn2CCNC(=O)c2cccnc2Cl)c1=O. The van der Waals surface area contributed by atoms with Crippen LogP contribution in [-0.2, 0) is 13.1 Å². The molecule has 0 saturated carbocycles. The number of carbonyl (C=O) groups excluding carboxylic acids is 1. The number of pyridine rings is 1. The summed E-state index contributed by atoms with van der Waals surface area (Å²) in [7, 11) is 0. The highest BCUT2D eigenvalue weighted by Crippen LogP contribution is 2.12. The minimum Gasteiger partial charge on any atom is -0.350 e. The summed E-state index contributed by atoms with van der Waals surface area (Å²) < 4.78 is 3.17. The zero-order valence-corrected chi connectivity index (χ0v) is 17.0. The van der Waals surface area contributed by atoms with Crippen LogP contribution in [0.25, 0.3) is 11.0 Å². The first-order chi connectivity index (χ1) is 14.5. The molecule has 9 heteroatoms. The topological polar surface area (TPSA) is 94.7 Å². The number of carbonyl (C=O) groups is 1. The van der Waals surface area contributed by atoms with Gasteiger partial charge in [-0.25, -0.2) is 14.6 Å². The fraction of sp³-hybridized carbons (Fsp3) is 0.190. The minimum atomic E-state index is -0.321. The van der Waals surface area contributed by atoms with Crippen molar-refractivity contribution in [2.45, 2.75) is 20.0 Å². The summed E-state index contributed by atoms with van der Waals surface area (Å²) in [5.74, 6) is -0.321. The minimum absolute atomic E-state index is 0.149. The van der Waals surface area contributed by atoms with Gasteiger partial charge in [0.15, 0.2) is 5.65 Å². The van der Waals surface area contributed by atoms with Crippen LogP contribution >= 0.6 is 11.6 Å². The Morgan fingerprint density at radius 3 is 2.80 bits per heavy atom. The number of rotatable bonds is 6. The lowest BCUT2D eigenvalue weighted by atomic mass is 10.1. The summed E-state index contributed by atoms with van der Waals surface area (Å²) in [6.45, 7) is 3.12. The predicted molar refractivity (Wildman–Crippen MR) is 114 cm³/mol. The van der Waals surface area contributed by atoms with E-state index in [1.807, 2.05) is 31.2 Å². The van der Waals surface area contributed by atoms with Gasteiger partial charge in [-0.15, -0.1) is 0 Å². The Labute approximate surface area is 177 Å². The lowest BCUT2D eigenvalue weighted by Crippen LogP contribution is -2.28. The van der Waals surface area contributed by atoms with Crippen molar-refractivity contribution >= 4 is 28.5 Å². The predicted octanol–water partition coefficient (Wildman–Crippen LogP) is 2.43. The van der Waals surface area contributed by atoms with E-state index in [2.05, 4.69) is 20.4 Å². The molecule has 8 nitrogen and oxygen atoms in total. The standard InChI is InChI=1S/C21H19ClN6O2/c1-14-5-2-3-6-15(14)12-27-13-25-19-17(21(27)30)11-26-28(19)10-9-24-20(29)16-7-4-8-23-18(16)22/h2-8,11,13H,9-10,12H2,1H3,(H,24,29). The van der Waals surface area contributed by atoms with Gasteiger partial charge in [-0.3, -0.25) is 14.2 Å². The first-order valence-electron chi connectivity index (χ1n) is 9.39. The van der Waals surface area contributed by atoms with Crippen LogP contribution in [-0.4, -0.2) is 36.8 Å². The number of nitrogens with zero attached hydrogens (tertiary/aromatic N) is 5. The van der Waals surface area contributed by atoms with Crippen LogP contribution in [0.1, 0.15) is 21.5 Å². The zero-order valence-electron chi connectivity index (χ0n) is 16.2. The van der Waals surface area contributed by atoms with Crippen molar-refractivity contribution in [1.82, 2.24) is 29.6 Å². The molecule has 4 aromatic rings. The van der Waals surface area contributed by atoms with Crippen LogP contribution in [0.15, 0.2) is 59.9 Å². The third kappa shape index (κ3) is 3.95. The molecule has 1 N–H and O–H groups in total. The second-order valence-corrected chi connectivity index (χ2v) is 7.16. The van der Waals surface area contributed by atoms with Gasteiger partial charge in [0.25, 0.3) is 11.5 Å². The summed E-state index contributed by atoms with van der Waals surface area (Å²) in [6, 6.07) is 11.2. The quantitative estimate of drug-likeness (QED) is 0.481. The van der Waals surface area contributed by atoms with Gasteiger partial charge in [-0.05, 0) is 30.2 Å². The van der Waals surface area contributed by atoms with Crippen molar-refractivity contribution in [3.63, 3.8) is 0 Å². The average molecular weight is 423 g/mol. The van der Waals surface area contributed by atoms with E-state index in [4.69, 9.17) is 11.6 Å². The van der Waals surface area contributed by atoms with Crippen LogP contribution in [0.4, 0.5) is 0 Å².